The molecule has 1 aliphatic heterocycles. The van der Waals surface area contributed by atoms with Crippen molar-refractivity contribution in [2.75, 3.05) is 19.7 Å². The molecule has 1 N–H and O–H groups in total. The lowest BCUT2D eigenvalue weighted by atomic mass is 10.0. The quantitative estimate of drug-likeness (QED) is 0.385. The summed E-state index contributed by atoms with van der Waals surface area (Å²) >= 11 is 6.33. The fourth-order valence-electron chi connectivity index (χ4n) is 5.02. The molecular formula is C29H41ClFN3O2. The van der Waals surface area contributed by atoms with E-state index in [0.29, 0.717) is 23.4 Å². The predicted molar refractivity (Wildman–Crippen MR) is 145 cm³/mol. The van der Waals surface area contributed by atoms with Gasteiger partial charge in [0.05, 0.1) is 0 Å². The van der Waals surface area contributed by atoms with E-state index in [1.165, 1.54) is 12.1 Å². The summed E-state index contributed by atoms with van der Waals surface area (Å²) in [5.74, 6) is 0.458. The number of nitrogens with one attached hydrogen (secondary N) is 1. The first-order chi connectivity index (χ1) is 17.2. The van der Waals surface area contributed by atoms with E-state index in [0.717, 1.165) is 43.5 Å². The number of nitrogens with zero attached hydrogens (tertiary/aromatic N) is 2. The van der Waals surface area contributed by atoms with E-state index in [-0.39, 0.29) is 36.5 Å². The van der Waals surface area contributed by atoms with Crippen LogP contribution < -0.4 is 10.1 Å². The zero-order valence-corrected chi connectivity index (χ0v) is 23.0. The highest BCUT2D eigenvalue weighted by Gasteiger charge is 2.32. The topological polar surface area (TPSA) is 44.8 Å². The summed E-state index contributed by atoms with van der Waals surface area (Å²) < 4.78 is 19.4. The van der Waals surface area contributed by atoms with Gasteiger partial charge in [-0.25, -0.2) is 4.39 Å². The van der Waals surface area contributed by atoms with Crippen LogP contribution >= 0.6 is 11.6 Å². The third-order valence-corrected chi connectivity index (χ3v) is 7.28. The van der Waals surface area contributed by atoms with Crippen molar-refractivity contribution in [2.24, 2.45) is 0 Å². The molecule has 7 heteroatoms. The van der Waals surface area contributed by atoms with Crippen molar-refractivity contribution in [1.82, 2.24) is 15.1 Å². The van der Waals surface area contributed by atoms with E-state index in [1.807, 2.05) is 35.2 Å². The predicted octanol–water partition coefficient (Wildman–Crippen LogP) is 6.21. The molecule has 1 saturated heterocycles. The molecule has 4 atom stereocenters. The molecule has 1 aliphatic rings. The molecule has 0 aliphatic carbocycles. The molecule has 0 radical (unpaired) electrons. The summed E-state index contributed by atoms with van der Waals surface area (Å²) in [7, 11) is 0. The number of hydrogen-bond acceptors (Lipinski definition) is 4. The molecule has 0 aromatic heterocycles. The third-order valence-electron chi connectivity index (χ3n) is 7.05. The summed E-state index contributed by atoms with van der Waals surface area (Å²) in [6.45, 7) is 12.8. The number of carbonyl (C=O) groups is 1. The Morgan fingerprint density at radius 1 is 1.14 bits per heavy atom. The fraction of sp³-hybridized carbons (Fsp3) is 0.552. The normalized spacial score (nSPS) is 20.2. The average Bonchev–Trinajstić information content (AvgIpc) is 2.85. The van der Waals surface area contributed by atoms with Gasteiger partial charge < -0.3 is 15.0 Å². The zero-order chi connectivity index (χ0) is 26.2. The van der Waals surface area contributed by atoms with E-state index in [2.05, 4.69) is 44.8 Å². The van der Waals surface area contributed by atoms with Gasteiger partial charge in [-0.3, -0.25) is 9.69 Å². The first kappa shape index (κ1) is 28.4. The van der Waals surface area contributed by atoms with Crippen LogP contribution in [0.15, 0.2) is 42.5 Å². The second-order valence-electron chi connectivity index (χ2n) is 10.1. The first-order valence-electron chi connectivity index (χ1n) is 13.2. The van der Waals surface area contributed by atoms with Gasteiger partial charge in [0.15, 0.2) is 6.61 Å². The maximum Gasteiger partial charge on any atom is 0.260 e. The maximum absolute atomic E-state index is 13.3. The highest BCUT2D eigenvalue weighted by molar-refractivity contribution is 6.30. The van der Waals surface area contributed by atoms with Gasteiger partial charge in [0.1, 0.15) is 11.6 Å². The van der Waals surface area contributed by atoms with Crippen LogP contribution in [0, 0.1) is 5.82 Å². The minimum absolute atomic E-state index is 0.00932. The van der Waals surface area contributed by atoms with Gasteiger partial charge in [0.2, 0.25) is 0 Å². The fourth-order valence-corrected chi connectivity index (χ4v) is 5.20. The summed E-state index contributed by atoms with van der Waals surface area (Å²) in [6, 6.07) is 13.0. The van der Waals surface area contributed by atoms with E-state index in [4.69, 9.17) is 16.3 Å². The van der Waals surface area contributed by atoms with Gasteiger partial charge in [0.25, 0.3) is 5.91 Å². The smallest absolute Gasteiger partial charge is 0.260 e. The molecule has 1 amide bonds. The summed E-state index contributed by atoms with van der Waals surface area (Å²) in [4.78, 5) is 17.5. The highest BCUT2D eigenvalue weighted by Crippen LogP contribution is 2.31. The largest absolute Gasteiger partial charge is 0.483 e. The number of ether oxygens (including phenoxy) is 1. The minimum atomic E-state index is -0.226. The first-order valence-corrected chi connectivity index (χ1v) is 13.6. The third kappa shape index (κ3) is 7.67. The molecular weight excluding hydrogens is 477 g/mol. The number of piperazine rings is 1. The Hall–Kier alpha value is -2.15. The molecule has 198 valence electrons. The van der Waals surface area contributed by atoms with Crippen LogP contribution in [-0.2, 0) is 11.3 Å². The van der Waals surface area contributed by atoms with Crippen LogP contribution in [0.25, 0.3) is 0 Å². The molecule has 0 spiro atoms. The summed E-state index contributed by atoms with van der Waals surface area (Å²) in [5, 5.41) is 4.34. The van der Waals surface area contributed by atoms with Crippen molar-refractivity contribution in [3.8, 4) is 5.75 Å². The zero-order valence-electron chi connectivity index (χ0n) is 22.3. The van der Waals surface area contributed by atoms with E-state index < -0.39 is 0 Å². The number of halogens is 2. The van der Waals surface area contributed by atoms with Crippen LogP contribution in [0.1, 0.15) is 71.0 Å². The van der Waals surface area contributed by atoms with Gasteiger partial charge in [-0.05, 0) is 69.5 Å². The Bertz CT molecular complexity index is 987. The number of hydrogen-bond donors (Lipinski definition) is 1. The summed E-state index contributed by atoms with van der Waals surface area (Å²) in [5.41, 5.74) is 2.06. The Kier molecular flexibility index (Phi) is 10.6. The van der Waals surface area contributed by atoms with Gasteiger partial charge in [0, 0.05) is 54.4 Å². The Morgan fingerprint density at radius 3 is 2.53 bits per heavy atom. The van der Waals surface area contributed by atoms with Crippen LogP contribution in [0.5, 0.6) is 5.75 Å². The standard InChI is InChI=1S/C29H41ClFN3O2/c1-6-8-20(3)32-27(7-2)26-15-24(30)11-14-28(26)36-19-29(35)34-17-21(4)33(16-22(34)5)18-23-9-12-25(31)13-10-23/h9-15,20-22,27,32H,6-8,16-19H2,1-5H3/t20?,21-,22+,27?/m1/s1. The number of amides is 1. The van der Waals surface area contributed by atoms with Gasteiger partial charge >= 0.3 is 0 Å². The molecule has 2 unspecified atom stereocenters. The van der Waals surface area contributed by atoms with Gasteiger partial charge in [-0.2, -0.15) is 0 Å². The molecule has 2 aromatic carbocycles. The second-order valence-corrected chi connectivity index (χ2v) is 10.5. The molecule has 1 heterocycles. The average molecular weight is 518 g/mol. The lowest BCUT2D eigenvalue weighted by Gasteiger charge is -2.44. The maximum atomic E-state index is 13.3. The van der Waals surface area contributed by atoms with Crippen LogP contribution in [0.3, 0.4) is 0 Å². The van der Waals surface area contributed by atoms with Crippen molar-refractivity contribution in [2.45, 2.75) is 84.6 Å². The van der Waals surface area contributed by atoms with Crippen LogP contribution in [0.4, 0.5) is 4.39 Å². The van der Waals surface area contributed by atoms with E-state index in [1.54, 1.807) is 0 Å². The highest BCUT2D eigenvalue weighted by atomic mass is 35.5. The lowest BCUT2D eigenvalue weighted by molar-refractivity contribution is -0.139. The second kappa shape index (κ2) is 13.4. The minimum Gasteiger partial charge on any atom is -0.483 e. The Morgan fingerprint density at radius 2 is 1.86 bits per heavy atom. The van der Waals surface area contributed by atoms with Gasteiger partial charge in [-0.15, -0.1) is 0 Å². The van der Waals surface area contributed by atoms with Crippen molar-refractivity contribution >= 4 is 17.5 Å². The molecule has 5 nitrogen and oxygen atoms in total. The molecule has 36 heavy (non-hydrogen) atoms. The molecule has 0 saturated carbocycles. The molecule has 0 bridgehead atoms. The van der Waals surface area contributed by atoms with Crippen molar-refractivity contribution < 1.29 is 13.9 Å². The number of carbonyl (C=O) groups excluding carboxylic acids is 1. The van der Waals surface area contributed by atoms with Gasteiger partial charge in [-0.1, -0.05) is 44.0 Å². The van der Waals surface area contributed by atoms with Crippen molar-refractivity contribution in [1.29, 1.82) is 0 Å². The van der Waals surface area contributed by atoms with Crippen molar-refractivity contribution in [3.63, 3.8) is 0 Å². The lowest BCUT2D eigenvalue weighted by Crippen LogP contribution is -2.58. The monoisotopic (exact) mass is 517 g/mol. The van der Waals surface area contributed by atoms with E-state index in [9.17, 15) is 9.18 Å². The molecule has 3 rings (SSSR count). The number of benzene rings is 2. The molecule has 2 aromatic rings. The Labute approximate surface area is 221 Å². The summed E-state index contributed by atoms with van der Waals surface area (Å²) in [6.07, 6.45) is 3.10. The number of rotatable bonds is 11. The van der Waals surface area contributed by atoms with Crippen LogP contribution in [-0.4, -0.2) is 53.5 Å². The molecule has 1 fully saturated rings. The van der Waals surface area contributed by atoms with E-state index >= 15 is 0 Å². The Balaban J connectivity index is 1.62. The van der Waals surface area contributed by atoms with Crippen molar-refractivity contribution in [3.05, 3.63) is 64.4 Å². The van der Waals surface area contributed by atoms with Crippen LogP contribution in [0.2, 0.25) is 5.02 Å². The SMILES string of the molecule is CCCC(C)NC(CC)c1cc(Cl)ccc1OCC(=O)N1C[C@@H](C)N(Cc2ccc(F)cc2)C[C@@H]1C.